The molecule has 0 aliphatic heterocycles. The SMILES string of the molecule is COc1c(Br)cccc1C(c1ccc[nH]1)c1ccc[nH]1. The quantitative estimate of drug-likeness (QED) is 0.735. The van der Waals surface area contributed by atoms with Crippen molar-refractivity contribution in [1.29, 1.82) is 0 Å². The number of methoxy groups -OCH3 is 1. The molecule has 20 heavy (non-hydrogen) atoms. The minimum atomic E-state index is 0.0902. The first-order chi connectivity index (χ1) is 9.81. The van der Waals surface area contributed by atoms with Gasteiger partial charge in [0.05, 0.1) is 17.5 Å². The van der Waals surface area contributed by atoms with Gasteiger partial charge in [-0.05, 0) is 46.3 Å². The van der Waals surface area contributed by atoms with E-state index in [4.69, 9.17) is 4.74 Å². The van der Waals surface area contributed by atoms with Gasteiger partial charge in [0.1, 0.15) is 5.75 Å². The lowest BCUT2D eigenvalue weighted by Crippen LogP contribution is -2.06. The van der Waals surface area contributed by atoms with Crippen molar-refractivity contribution in [3.8, 4) is 5.75 Å². The summed E-state index contributed by atoms with van der Waals surface area (Å²) in [4.78, 5) is 6.61. The van der Waals surface area contributed by atoms with Crippen molar-refractivity contribution < 1.29 is 4.74 Å². The van der Waals surface area contributed by atoms with Gasteiger partial charge in [0.25, 0.3) is 0 Å². The smallest absolute Gasteiger partial charge is 0.137 e. The highest BCUT2D eigenvalue weighted by Crippen LogP contribution is 2.39. The molecule has 0 unspecified atom stereocenters. The molecule has 2 heterocycles. The molecule has 0 amide bonds. The van der Waals surface area contributed by atoms with Gasteiger partial charge in [0.15, 0.2) is 0 Å². The number of aromatic amines is 2. The summed E-state index contributed by atoms with van der Waals surface area (Å²) < 4.78 is 6.54. The van der Waals surface area contributed by atoms with Gasteiger partial charge in [0, 0.05) is 29.3 Å². The fraction of sp³-hybridized carbons (Fsp3) is 0.125. The first kappa shape index (κ1) is 13.1. The van der Waals surface area contributed by atoms with Crippen molar-refractivity contribution in [3.05, 3.63) is 76.3 Å². The molecule has 2 N–H and O–H groups in total. The first-order valence-corrected chi connectivity index (χ1v) is 7.19. The van der Waals surface area contributed by atoms with Crippen molar-refractivity contribution in [2.45, 2.75) is 5.92 Å². The fourth-order valence-corrected chi connectivity index (χ4v) is 3.06. The van der Waals surface area contributed by atoms with E-state index in [0.717, 1.165) is 27.2 Å². The van der Waals surface area contributed by atoms with Crippen LogP contribution in [0.3, 0.4) is 0 Å². The molecule has 0 atom stereocenters. The Hall–Kier alpha value is -1.94. The Bertz CT molecular complexity index is 640. The van der Waals surface area contributed by atoms with Crippen LogP contribution in [0, 0.1) is 0 Å². The summed E-state index contributed by atoms with van der Waals surface area (Å²) in [5, 5.41) is 0. The maximum atomic E-state index is 5.58. The fourth-order valence-electron chi connectivity index (χ4n) is 2.52. The second-order valence-corrected chi connectivity index (χ2v) is 5.40. The van der Waals surface area contributed by atoms with Crippen LogP contribution in [0.4, 0.5) is 0 Å². The average Bonchev–Trinajstić information content (AvgIpc) is 3.13. The second-order valence-electron chi connectivity index (χ2n) is 4.55. The molecule has 0 spiro atoms. The van der Waals surface area contributed by atoms with E-state index in [1.54, 1.807) is 7.11 Å². The zero-order valence-corrected chi connectivity index (χ0v) is 12.6. The van der Waals surface area contributed by atoms with Crippen molar-refractivity contribution in [2.24, 2.45) is 0 Å². The third-order valence-electron chi connectivity index (χ3n) is 3.38. The molecule has 0 aliphatic rings. The Morgan fingerprint density at radius 3 is 2.10 bits per heavy atom. The van der Waals surface area contributed by atoms with Crippen LogP contribution in [0.5, 0.6) is 5.75 Å². The summed E-state index contributed by atoms with van der Waals surface area (Å²) in [5.41, 5.74) is 3.37. The van der Waals surface area contributed by atoms with Crippen LogP contribution in [-0.2, 0) is 0 Å². The van der Waals surface area contributed by atoms with Crippen LogP contribution >= 0.6 is 15.9 Å². The van der Waals surface area contributed by atoms with E-state index in [2.05, 4.69) is 44.1 Å². The van der Waals surface area contributed by atoms with Gasteiger partial charge < -0.3 is 14.7 Å². The first-order valence-electron chi connectivity index (χ1n) is 6.40. The monoisotopic (exact) mass is 330 g/mol. The van der Waals surface area contributed by atoms with Gasteiger partial charge in [-0.25, -0.2) is 0 Å². The largest absolute Gasteiger partial charge is 0.495 e. The van der Waals surface area contributed by atoms with Gasteiger partial charge in [-0.1, -0.05) is 12.1 Å². The van der Waals surface area contributed by atoms with Crippen LogP contribution in [0.1, 0.15) is 22.9 Å². The predicted octanol–water partition coefficient (Wildman–Crippen LogP) is 4.29. The molecule has 3 nitrogen and oxygen atoms in total. The molecule has 3 rings (SSSR count). The molecule has 0 bridgehead atoms. The topological polar surface area (TPSA) is 40.8 Å². The normalized spacial score (nSPS) is 10.9. The number of rotatable bonds is 4. The molecule has 0 saturated carbocycles. The minimum Gasteiger partial charge on any atom is -0.495 e. The van der Waals surface area contributed by atoms with E-state index in [9.17, 15) is 0 Å². The number of halogens is 1. The van der Waals surface area contributed by atoms with Crippen molar-refractivity contribution in [2.75, 3.05) is 7.11 Å². The number of benzene rings is 1. The summed E-state index contributed by atoms with van der Waals surface area (Å²) in [6.45, 7) is 0. The number of H-pyrrole nitrogens is 2. The standard InChI is InChI=1S/C16H15BrN2O/c1-20-16-11(5-2-6-12(16)17)15(13-7-3-9-18-13)14-8-4-10-19-14/h2-10,15,18-19H,1H3. The Morgan fingerprint density at radius 1 is 0.950 bits per heavy atom. The molecular weight excluding hydrogens is 316 g/mol. The van der Waals surface area contributed by atoms with Crippen LogP contribution in [-0.4, -0.2) is 17.1 Å². The lowest BCUT2D eigenvalue weighted by Gasteiger charge is -2.19. The predicted molar refractivity (Wildman–Crippen MR) is 83.2 cm³/mol. The van der Waals surface area contributed by atoms with E-state index in [1.165, 1.54) is 0 Å². The number of nitrogens with one attached hydrogen (secondary N) is 2. The molecule has 102 valence electrons. The van der Waals surface area contributed by atoms with E-state index in [1.807, 2.05) is 36.7 Å². The Morgan fingerprint density at radius 2 is 1.60 bits per heavy atom. The number of aromatic nitrogens is 2. The Balaban J connectivity index is 2.19. The van der Waals surface area contributed by atoms with Gasteiger partial charge in [-0.15, -0.1) is 0 Å². The number of hydrogen-bond acceptors (Lipinski definition) is 1. The van der Waals surface area contributed by atoms with E-state index >= 15 is 0 Å². The van der Waals surface area contributed by atoms with Crippen molar-refractivity contribution >= 4 is 15.9 Å². The lowest BCUT2D eigenvalue weighted by atomic mass is 9.92. The van der Waals surface area contributed by atoms with Gasteiger partial charge in [0.2, 0.25) is 0 Å². The second kappa shape index (κ2) is 5.59. The summed E-state index contributed by atoms with van der Waals surface area (Å²) in [7, 11) is 1.70. The van der Waals surface area contributed by atoms with Gasteiger partial charge >= 0.3 is 0 Å². The van der Waals surface area contributed by atoms with Crippen LogP contribution in [0.15, 0.2) is 59.3 Å². The molecule has 4 heteroatoms. The molecular formula is C16H15BrN2O. The number of ether oxygens (including phenoxy) is 1. The maximum absolute atomic E-state index is 5.58. The number of hydrogen-bond donors (Lipinski definition) is 2. The maximum Gasteiger partial charge on any atom is 0.137 e. The third kappa shape index (κ3) is 2.27. The molecule has 3 aromatic rings. The lowest BCUT2D eigenvalue weighted by molar-refractivity contribution is 0.406. The van der Waals surface area contributed by atoms with Gasteiger partial charge in [-0.3, -0.25) is 0 Å². The third-order valence-corrected chi connectivity index (χ3v) is 4.00. The van der Waals surface area contributed by atoms with E-state index in [-0.39, 0.29) is 5.92 Å². The van der Waals surface area contributed by atoms with Crippen molar-refractivity contribution in [1.82, 2.24) is 9.97 Å². The van der Waals surface area contributed by atoms with E-state index < -0.39 is 0 Å². The Labute approximate surface area is 126 Å². The molecule has 0 fully saturated rings. The Kier molecular flexibility index (Phi) is 3.65. The summed E-state index contributed by atoms with van der Waals surface area (Å²) in [6, 6.07) is 14.3. The molecule has 0 radical (unpaired) electrons. The van der Waals surface area contributed by atoms with Crippen LogP contribution in [0.25, 0.3) is 0 Å². The minimum absolute atomic E-state index is 0.0902. The van der Waals surface area contributed by atoms with Gasteiger partial charge in [-0.2, -0.15) is 0 Å². The summed E-state index contributed by atoms with van der Waals surface area (Å²) >= 11 is 3.56. The molecule has 0 saturated heterocycles. The molecule has 2 aromatic heterocycles. The summed E-state index contributed by atoms with van der Waals surface area (Å²) in [5.74, 6) is 0.953. The average molecular weight is 331 g/mol. The zero-order chi connectivity index (χ0) is 13.9. The number of para-hydroxylation sites is 1. The highest BCUT2D eigenvalue weighted by Gasteiger charge is 2.23. The zero-order valence-electron chi connectivity index (χ0n) is 11.1. The van der Waals surface area contributed by atoms with Crippen molar-refractivity contribution in [3.63, 3.8) is 0 Å². The summed E-state index contributed by atoms with van der Waals surface area (Å²) in [6.07, 6.45) is 3.88. The highest BCUT2D eigenvalue weighted by atomic mass is 79.9. The van der Waals surface area contributed by atoms with Crippen LogP contribution < -0.4 is 4.74 Å². The van der Waals surface area contributed by atoms with Crippen LogP contribution in [0.2, 0.25) is 0 Å². The molecule has 0 aliphatic carbocycles. The highest BCUT2D eigenvalue weighted by molar-refractivity contribution is 9.10. The molecule has 1 aromatic carbocycles. The van der Waals surface area contributed by atoms with E-state index in [0.29, 0.717) is 0 Å².